The summed E-state index contributed by atoms with van der Waals surface area (Å²) < 4.78 is 5.01. The molecule has 1 aliphatic rings. The highest BCUT2D eigenvalue weighted by molar-refractivity contribution is 6.08. The first-order valence-corrected chi connectivity index (χ1v) is 10.1. The van der Waals surface area contributed by atoms with Crippen molar-refractivity contribution in [1.29, 1.82) is 0 Å². The Hall–Kier alpha value is -3.15. The molecule has 2 aromatic carbocycles. The summed E-state index contributed by atoms with van der Waals surface area (Å²) in [4.78, 5) is 28.0. The topological polar surface area (TPSA) is 75.4 Å². The van der Waals surface area contributed by atoms with E-state index in [9.17, 15) is 9.59 Å². The van der Waals surface area contributed by atoms with Gasteiger partial charge in [-0.05, 0) is 36.6 Å². The zero-order valence-corrected chi connectivity index (χ0v) is 16.6. The van der Waals surface area contributed by atoms with Crippen LogP contribution >= 0.6 is 0 Å². The highest BCUT2D eigenvalue weighted by atomic mass is 16.5. The molecular weight excluding hydrogens is 366 g/mol. The molecule has 1 aromatic heterocycles. The molecule has 1 fully saturated rings. The van der Waals surface area contributed by atoms with Crippen molar-refractivity contribution < 1.29 is 14.1 Å². The van der Waals surface area contributed by atoms with Crippen molar-refractivity contribution in [3.8, 4) is 0 Å². The number of nitrogens with one attached hydrogen (secondary N) is 1. The maximum absolute atomic E-state index is 13.6. The largest absolute Gasteiger partial charge is 0.360 e. The molecule has 0 saturated heterocycles. The van der Waals surface area contributed by atoms with Crippen LogP contribution in [0.2, 0.25) is 0 Å². The molecule has 0 bridgehead atoms. The number of amides is 2. The number of hydrogen-bond acceptors (Lipinski definition) is 4. The van der Waals surface area contributed by atoms with Crippen molar-refractivity contribution in [2.45, 2.75) is 45.1 Å². The number of fused-ring (bicyclic) bond motifs is 1. The Bertz CT molecular complexity index is 1020. The van der Waals surface area contributed by atoms with Gasteiger partial charge in [-0.2, -0.15) is 0 Å². The van der Waals surface area contributed by atoms with Gasteiger partial charge in [0, 0.05) is 17.7 Å². The first-order valence-electron chi connectivity index (χ1n) is 10.1. The minimum absolute atomic E-state index is 0.00136. The van der Waals surface area contributed by atoms with E-state index in [4.69, 9.17) is 4.52 Å². The van der Waals surface area contributed by atoms with Crippen molar-refractivity contribution in [3.63, 3.8) is 0 Å². The van der Waals surface area contributed by atoms with E-state index in [1.807, 2.05) is 42.5 Å². The second-order valence-electron chi connectivity index (χ2n) is 7.62. The standard InChI is InChI=1S/C23H25N3O3/c1-16-14-21(25-29-16)24-22(27)15-26(18-10-3-2-4-11-18)23(28)20-13-7-9-17-8-5-6-12-19(17)20/h5-9,12-14,18H,2-4,10-11,15H2,1H3,(H,24,25,27). The third-order valence-corrected chi connectivity index (χ3v) is 5.51. The van der Waals surface area contributed by atoms with Gasteiger partial charge in [0.1, 0.15) is 12.3 Å². The second kappa shape index (κ2) is 8.47. The molecule has 1 N–H and O–H groups in total. The molecule has 29 heavy (non-hydrogen) atoms. The predicted octanol–water partition coefficient (Wildman–Crippen LogP) is 4.55. The summed E-state index contributed by atoms with van der Waals surface area (Å²) in [6, 6.07) is 15.3. The molecule has 0 unspecified atom stereocenters. The Morgan fingerprint density at radius 1 is 1.10 bits per heavy atom. The molecular formula is C23H25N3O3. The van der Waals surface area contributed by atoms with Crippen LogP contribution in [-0.2, 0) is 4.79 Å². The average molecular weight is 391 g/mol. The van der Waals surface area contributed by atoms with Crippen LogP contribution < -0.4 is 5.32 Å². The van der Waals surface area contributed by atoms with Crippen LogP contribution in [0.25, 0.3) is 10.8 Å². The summed E-state index contributed by atoms with van der Waals surface area (Å²) in [6.07, 6.45) is 5.18. The Kier molecular flexibility index (Phi) is 5.60. The van der Waals surface area contributed by atoms with Gasteiger partial charge in [-0.25, -0.2) is 0 Å². The van der Waals surface area contributed by atoms with Crippen LogP contribution in [0.4, 0.5) is 5.82 Å². The fraction of sp³-hybridized carbons (Fsp3) is 0.348. The zero-order chi connectivity index (χ0) is 20.2. The van der Waals surface area contributed by atoms with Gasteiger partial charge in [0.15, 0.2) is 5.82 Å². The lowest BCUT2D eigenvalue weighted by Crippen LogP contribution is -2.45. The maximum atomic E-state index is 13.6. The minimum Gasteiger partial charge on any atom is -0.360 e. The minimum atomic E-state index is -0.266. The maximum Gasteiger partial charge on any atom is 0.255 e. The fourth-order valence-electron chi connectivity index (χ4n) is 4.09. The summed E-state index contributed by atoms with van der Waals surface area (Å²) in [7, 11) is 0. The Morgan fingerprint density at radius 3 is 2.62 bits per heavy atom. The number of nitrogens with zero attached hydrogens (tertiary/aromatic N) is 2. The lowest BCUT2D eigenvalue weighted by Gasteiger charge is -2.34. The summed E-state index contributed by atoms with van der Waals surface area (Å²) in [5, 5.41) is 8.48. The van der Waals surface area contributed by atoms with Crippen molar-refractivity contribution in [3.05, 3.63) is 59.9 Å². The summed E-state index contributed by atoms with van der Waals surface area (Å²) in [5.74, 6) is 0.627. The van der Waals surface area contributed by atoms with Crippen LogP contribution in [0, 0.1) is 6.92 Å². The summed E-state index contributed by atoms with van der Waals surface area (Å²) in [6.45, 7) is 1.76. The van der Waals surface area contributed by atoms with E-state index in [1.54, 1.807) is 17.9 Å². The molecule has 1 saturated carbocycles. The van der Waals surface area contributed by atoms with Gasteiger partial charge in [-0.3, -0.25) is 9.59 Å². The molecule has 2 amide bonds. The molecule has 150 valence electrons. The van der Waals surface area contributed by atoms with Gasteiger partial charge < -0.3 is 14.7 Å². The normalized spacial score (nSPS) is 14.7. The highest BCUT2D eigenvalue weighted by Gasteiger charge is 2.29. The average Bonchev–Trinajstić information content (AvgIpc) is 3.16. The van der Waals surface area contributed by atoms with Gasteiger partial charge in [0.2, 0.25) is 5.91 Å². The molecule has 3 aromatic rings. The van der Waals surface area contributed by atoms with Gasteiger partial charge in [-0.1, -0.05) is 60.8 Å². The van der Waals surface area contributed by atoms with E-state index in [2.05, 4.69) is 10.5 Å². The van der Waals surface area contributed by atoms with Gasteiger partial charge in [0.05, 0.1) is 0 Å². The van der Waals surface area contributed by atoms with E-state index < -0.39 is 0 Å². The van der Waals surface area contributed by atoms with E-state index in [0.717, 1.165) is 36.5 Å². The first kappa shape index (κ1) is 19.2. The SMILES string of the molecule is Cc1cc(NC(=O)CN(C(=O)c2cccc3ccccc23)C2CCCCC2)no1. The van der Waals surface area contributed by atoms with Crippen molar-refractivity contribution in [1.82, 2.24) is 10.1 Å². The molecule has 0 spiro atoms. The number of hydrogen-bond donors (Lipinski definition) is 1. The van der Waals surface area contributed by atoms with Gasteiger partial charge in [0.25, 0.3) is 5.91 Å². The van der Waals surface area contributed by atoms with E-state index in [-0.39, 0.29) is 24.4 Å². The van der Waals surface area contributed by atoms with Crippen molar-refractivity contribution in [2.24, 2.45) is 0 Å². The first-order chi connectivity index (χ1) is 14.1. The van der Waals surface area contributed by atoms with Crippen LogP contribution in [0.5, 0.6) is 0 Å². The fourth-order valence-corrected chi connectivity index (χ4v) is 4.09. The van der Waals surface area contributed by atoms with Crippen molar-refractivity contribution in [2.75, 3.05) is 11.9 Å². The molecule has 0 radical (unpaired) electrons. The molecule has 0 aliphatic heterocycles. The lowest BCUT2D eigenvalue weighted by atomic mass is 9.93. The third kappa shape index (κ3) is 4.31. The number of rotatable bonds is 5. The quantitative estimate of drug-likeness (QED) is 0.692. The summed E-state index contributed by atoms with van der Waals surface area (Å²) in [5.41, 5.74) is 0.638. The second-order valence-corrected chi connectivity index (χ2v) is 7.62. The predicted molar refractivity (Wildman–Crippen MR) is 112 cm³/mol. The number of carbonyl (C=O) groups is 2. The van der Waals surface area contributed by atoms with Gasteiger partial charge in [-0.15, -0.1) is 0 Å². The molecule has 6 nitrogen and oxygen atoms in total. The smallest absolute Gasteiger partial charge is 0.255 e. The summed E-state index contributed by atoms with van der Waals surface area (Å²) >= 11 is 0. The number of carbonyl (C=O) groups excluding carboxylic acids is 2. The van der Waals surface area contributed by atoms with Crippen LogP contribution in [-0.4, -0.2) is 34.5 Å². The van der Waals surface area contributed by atoms with Crippen LogP contribution in [0.15, 0.2) is 53.1 Å². The number of aryl methyl sites for hydroxylation is 1. The molecule has 1 heterocycles. The van der Waals surface area contributed by atoms with Crippen LogP contribution in [0.1, 0.15) is 48.2 Å². The Balaban J connectivity index is 1.60. The zero-order valence-electron chi connectivity index (χ0n) is 16.6. The number of benzene rings is 2. The highest BCUT2D eigenvalue weighted by Crippen LogP contribution is 2.26. The molecule has 1 aliphatic carbocycles. The Morgan fingerprint density at radius 2 is 1.86 bits per heavy atom. The van der Waals surface area contributed by atoms with Crippen LogP contribution in [0.3, 0.4) is 0 Å². The molecule has 0 atom stereocenters. The van der Waals surface area contributed by atoms with E-state index >= 15 is 0 Å². The van der Waals surface area contributed by atoms with E-state index in [1.165, 1.54) is 6.42 Å². The van der Waals surface area contributed by atoms with Gasteiger partial charge >= 0.3 is 0 Å². The molecule has 4 rings (SSSR count). The third-order valence-electron chi connectivity index (χ3n) is 5.51. The Labute approximate surface area is 169 Å². The molecule has 6 heteroatoms. The number of aromatic nitrogens is 1. The lowest BCUT2D eigenvalue weighted by molar-refractivity contribution is -0.117. The monoisotopic (exact) mass is 391 g/mol. The van der Waals surface area contributed by atoms with E-state index in [0.29, 0.717) is 17.1 Å². The van der Waals surface area contributed by atoms with Crippen molar-refractivity contribution >= 4 is 28.4 Å². The number of anilines is 1.